The van der Waals surface area contributed by atoms with Crippen LogP contribution in [0.4, 0.5) is 4.39 Å². The summed E-state index contributed by atoms with van der Waals surface area (Å²) in [4.78, 5) is 0. The van der Waals surface area contributed by atoms with Crippen LogP contribution in [0.15, 0.2) is 23.0 Å². The van der Waals surface area contributed by atoms with Crippen molar-refractivity contribution in [1.29, 1.82) is 0 Å². The summed E-state index contributed by atoms with van der Waals surface area (Å²) in [7, 11) is 1.95. The van der Waals surface area contributed by atoms with Gasteiger partial charge in [-0.3, -0.25) is 0 Å². The number of nitrogens with one attached hydrogen (secondary N) is 1. The first-order valence-electron chi connectivity index (χ1n) is 9.61. The van der Waals surface area contributed by atoms with Crippen LogP contribution in [0.5, 0.6) is 0 Å². The normalized spacial score (nSPS) is 52.3. The SMILES string of the molecule is CNC1C[C@]2(C)C(N)C(F)C[C@H]2C2=C(O)C=C3CC(O)CC[C@]3(C)[C@@H]21. The second kappa shape index (κ2) is 5.54. The number of hydrogen-bond acceptors (Lipinski definition) is 4. The average Bonchev–Trinajstić information content (AvgIpc) is 2.79. The molecule has 4 rings (SSSR count). The lowest BCUT2D eigenvalue weighted by Gasteiger charge is -2.57. The molecule has 140 valence electrons. The van der Waals surface area contributed by atoms with Crippen molar-refractivity contribution in [1.82, 2.24) is 5.32 Å². The summed E-state index contributed by atoms with van der Waals surface area (Å²) < 4.78 is 14.6. The van der Waals surface area contributed by atoms with Crippen molar-refractivity contribution in [2.24, 2.45) is 28.4 Å². The lowest BCUT2D eigenvalue weighted by atomic mass is 9.49. The number of halogens is 1. The van der Waals surface area contributed by atoms with Gasteiger partial charge in [0, 0.05) is 18.0 Å². The van der Waals surface area contributed by atoms with Crippen LogP contribution in [-0.2, 0) is 0 Å². The van der Waals surface area contributed by atoms with Gasteiger partial charge in [-0.25, -0.2) is 4.39 Å². The third kappa shape index (κ3) is 2.22. The lowest BCUT2D eigenvalue weighted by Crippen LogP contribution is -2.58. The number of aliphatic hydroxyl groups excluding tert-OH is 2. The first-order chi connectivity index (χ1) is 11.7. The summed E-state index contributed by atoms with van der Waals surface area (Å²) in [5.41, 5.74) is 8.00. The first-order valence-corrected chi connectivity index (χ1v) is 9.61. The number of hydrogen-bond donors (Lipinski definition) is 4. The van der Waals surface area contributed by atoms with Gasteiger partial charge in [0.1, 0.15) is 11.9 Å². The number of nitrogens with two attached hydrogens (primary N) is 1. The minimum atomic E-state index is -1.02. The molecule has 0 aromatic heterocycles. The van der Waals surface area contributed by atoms with Crippen LogP contribution in [0.2, 0.25) is 0 Å². The molecule has 4 unspecified atom stereocenters. The number of alkyl halides is 1. The molecule has 5 N–H and O–H groups in total. The van der Waals surface area contributed by atoms with Crippen LogP contribution in [0, 0.1) is 22.7 Å². The van der Waals surface area contributed by atoms with Gasteiger partial charge in [0.25, 0.3) is 0 Å². The molecular formula is C20H31FN2O2. The molecule has 25 heavy (non-hydrogen) atoms. The fraction of sp³-hybridized carbons (Fsp3) is 0.800. The highest BCUT2D eigenvalue weighted by Crippen LogP contribution is 2.64. The molecule has 3 saturated carbocycles. The van der Waals surface area contributed by atoms with Crippen molar-refractivity contribution < 1.29 is 14.6 Å². The molecule has 0 heterocycles. The van der Waals surface area contributed by atoms with E-state index in [-0.39, 0.29) is 34.8 Å². The Balaban J connectivity index is 1.86. The fourth-order valence-corrected chi connectivity index (χ4v) is 6.51. The van der Waals surface area contributed by atoms with E-state index in [1.54, 1.807) is 0 Å². The van der Waals surface area contributed by atoms with Crippen molar-refractivity contribution in [3.8, 4) is 0 Å². The largest absolute Gasteiger partial charge is 0.508 e. The van der Waals surface area contributed by atoms with Crippen LogP contribution in [-0.4, -0.2) is 41.6 Å². The Kier molecular flexibility index (Phi) is 3.88. The summed E-state index contributed by atoms with van der Waals surface area (Å²) in [6.07, 6.45) is 4.05. The summed E-state index contributed by atoms with van der Waals surface area (Å²) in [6.45, 7) is 4.35. The van der Waals surface area contributed by atoms with Gasteiger partial charge in [-0.15, -0.1) is 0 Å². The van der Waals surface area contributed by atoms with Crippen molar-refractivity contribution in [2.45, 2.75) is 70.3 Å². The quantitative estimate of drug-likeness (QED) is 0.586. The van der Waals surface area contributed by atoms with E-state index in [9.17, 15) is 14.6 Å². The highest BCUT2D eigenvalue weighted by atomic mass is 19.1. The zero-order chi connectivity index (χ0) is 18.1. The Labute approximate surface area is 149 Å². The maximum Gasteiger partial charge on any atom is 0.116 e. The molecule has 8 atom stereocenters. The van der Waals surface area contributed by atoms with Crippen molar-refractivity contribution in [3.05, 3.63) is 23.0 Å². The standard InChI is InChI=1S/C20H31FN2O2/c1-19-5-4-11(24)6-10(19)7-15(25)16-12-8-13(21)18(22)20(12,2)9-14(23-3)17(16)19/h7,11-14,17-18,23-25H,4-6,8-9,22H2,1-3H3/t11?,12-,13?,14?,17+,18?,19-,20-/m0/s1. The van der Waals surface area contributed by atoms with Gasteiger partial charge < -0.3 is 21.3 Å². The Bertz CT molecular complexity index is 648. The van der Waals surface area contributed by atoms with Crippen LogP contribution >= 0.6 is 0 Å². The van der Waals surface area contributed by atoms with Crippen LogP contribution in [0.25, 0.3) is 0 Å². The van der Waals surface area contributed by atoms with E-state index in [1.807, 2.05) is 13.1 Å². The monoisotopic (exact) mass is 350 g/mol. The molecule has 0 amide bonds. The van der Waals surface area contributed by atoms with Gasteiger partial charge in [-0.2, -0.15) is 0 Å². The predicted molar refractivity (Wildman–Crippen MR) is 95.7 cm³/mol. The molecule has 0 spiro atoms. The second-order valence-corrected chi connectivity index (χ2v) is 9.24. The van der Waals surface area contributed by atoms with E-state index in [1.165, 1.54) is 0 Å². The van der Waals surface area contributed by atoms with E-state index in [2.05, 4.69) is 19.2 Å². The number of allylic oxidation sites excluding steroid dienone is 1. The summed E-state index contributed by atoms with van der Waals surface area (Å²) in [5, 5.41) is 24.5. The zero-order valence-electron chi connectivity index (χ0n) is 15.4. The smallest absolute Gasteiger partial charge is 0.116 e. The summed E-state index contributed by atoms with van der Waals surface area (Å²) in [6, 6.07) is -0.334. The maximum atomic E-state index is 14.6. The van der Waals surface area contributed by atoms with Crippen LogP contribution in [0.3, 0.4) is 0 Å². The number of fused-ring (bicyclic) bond motifs is 5. The van der Waals surface area contributed by atoms with Crippen molar-refractivity contribution in [2.75, 3.05) is 7.05 Å². The maximum absolute atomic E-state index is 14.6. The molecule has 3 fully saturated rings. The van der Waals surface area contributed by atoms with Gasteiger partial charge in [-0.05, 0) is 67.5 Å². The molecule has 5 heteroatoms. The Morgan fingerprint density at radius 2 is 2.08 bits per heavy atom. The number of aliphatic hydroxyl groups is 2. The molecule has 4 aliphatic rings. The van der Waals surface area contributed by atoms with Crippen molar-refractivity contribution in [3.63, 3.8) is 0 Å². The van der Waals surface area contributed by atoms with Crippen molar-refractivity contribution >= 4 is 0 Å². The van der Waals surface area contributed by atoms with E-state index in [0.717, 1.165) is 30.4 Å². The predicted octanol–water partition coefficient (Wildman–Crippen LogP) is 2.59. The van der Waals surface area contributed by atoms with Gasteiger partial charge in [0.2, 0.25) is 0 Å². The van der Waals surface area contributed by atoms with Gasteiger partial charge in [0.15, 0.2) is 0 Å². The molecule has 0 aliphatic heterocycles. The Morgan fingerprint density at radius 3 is 2.76 bits per heavy atom. The van der Waals surface area contributed by atoms with E-state index in [4.69, 9.17) is 5.73 Å². The topological polar surface area (TPSA) is 78.5 Å². The fourth-order valence-electron chi connectivity index (χ4n) is 6.51. The highest BCUT2D eigenvalue weighted by Gasteiger charge is 2.62. The minimum absolute atomic E-state index is 0.00595. The molecule has 4 nitrogen and oxygen atoms in total. The first kappa shape index (κ1) is 17.5. The molecular weight excluding hydrogens is 319 g/mol. The zero-order valence-corrected chi connectivity index (χ0v) is 15.4. The lowest BCUT2D eigenvalue weighted by molar-refractivity contribution is 0.0285. The van der Waals surface area contributed by atoms with Gasteiger partial charge in [0.05, 0.1) is 6.10 Å². The van der Waals surface area contributed by atoms with E-state index < -0.39 is 12.2 Å². The third-order valence-corrected chi connectivity index (χ3v) is 8.03. The molecule has 4 aliphatic carbocycles. The van der Waals surface area contributed by atoms with Gasteiger partial charge in [-0.1, -0.05) is 19.4 Å². The Morgan fingerprint density at radius 1 is 1.36 bits per heavy atom. The molecule has 0 radical (unpaired) electrons. The average molecular weight is 350 g/mol. The van der Waals surface area contributed by atoms with Crippen LogP contribution in [0.1, 0.15) is 46.0 Å². The van der Waals surface area contributed by atoms with Gasteiger partial charge >= 0.3 is 0 Å². The molecule has 0 saturated heterocycles. The number of rotatable bonds is 1. The molecule has 0 bridgehead atoms. The van der Waals surface area contributed by atoms with Crippen LogP contribution < -0.4 is 11.1 Å². The highest BCUT2D eigenvalue weighted by molar-refractivity contribution is 5.43. The summed E-state index contributed by atoms with van der Waals surface area (Å²) >= 11 is 0. The minimum Gasteiger partial charge on any atom is -0.508 e. The van der Waals surface area contributed by atoms with E-state index in [0.29, 0.717) is 18.6 Å². The molecule has 0 aromatic rings. The second-order valence-electron chi connectivity index (χ2n) is 9.24. The third-order valence-electron chi connectivity index (χ3n) is 8.03. The summed E-state index contributed by atoms with van der Waals surface area (Å²) in [5.74, 6) is 0.429. The Hall–Kier alpha value is -0.910. The molecule has 0 aromatic carbocycles. The van der Waals surface area contributed by atoms with E-state index >= 15 is 0 Å².